The van der Waals surface area contributed by atoms with Gasteiger partial charge in [-0.15, -0.1) is 0 Å². The number of allylic oxidation sites excluding steroid dienone is 3. The minimum Gasteiger partial charge on any atom is -0.179 e. The van der Waals surface area contributed by atoms with Crippen LogP contribution in [0.2, 0.25) is 0 Å². The van der Waals surface area contributed by atoms with Crippen molar-refractivity contribution < 1.29 is 0 Å². The van der Waals surface area contributed by atoms with Gasteiger partial charge in [-0.2, -0.15) is 12.6 Å². The normalized spacial score (nSPS) is 24.6. The second-order valence-electron chi connectivity index (χ2n) is 1.73. The molecule has 0 aliphatic carbocycles. The van der Waals surface area contributed by atoms with E-state index >= 15 is 0 Å². The van der Waals surface area contributed by atoms with Crippen molar-refractivity contribution in [3.8, 4) is 0 Å². The Balaban J connectivity index is 2.54. The van der Waals surface area contributed by atoms with E-state index in [1.54, 1.807) is 0 Å². The second kappa shape index (κ2) is 3.54. The lowest BCUT2D eigenvalue weighted by Gasteiger charge is -1.97. The first-order valence-electron chi connectivity index (χ1n) is 2.73. The van der Waals surface area contributed by atoms with Crippen LogP contribution in [0.5, 0.6) is 0 Å². The number of hydrogen-bond acceptors (Lipinski definition) is 2. The number of rotatable bonds is 2. The van der Waals surface area contributed by atoms with E-state index in [9.17, 15) is 0 Å². The van der Waals surface area contributed by atoms with Gasteiger partial charge in [0.25, 0.3) is 0 Å². The van der Waals surface area contributed by atoms with Gasteiger partial charge in [0.05, 0.1) is 0 Å². The largest absolute Gasteiger partial charge is 0.179 e. The van der Waals surface area contributed by atoms with Crippen molar-refractivity contribution in [2.75, 3.05) is 5.75 Å². The third kappa shape index (κ3) is 1.92. The molecule has 0 fully saturated rings. The van der Waals surface area contributed by atoms with Gasteiger partial charge in [-0.3, -0.25) is 0 Å². The monoisotopic (exact) mass is 176 g/mol. The molecular weight excluding hydrogens is 168 g/mol. The van der Waals surface area contributed by atoms with Crippen molar-refractivity contribution in [3.05, 3.63) is 22.5 Å². The molecule has 1 atom stereocenters. The average Bonchev–Trinajstić information content (AvgIpc) is 2.18. The van der Waals surface area contributed by atoms with E-state index in [1.165, 1.54) is 4.91 Å². The highest BCUT2D eigenvalue weighted by Gasteiger charge is 2.01. The molecule has 1 heterocycles. The molecular formula is C6H8S3. The van der Waals surface area contributed by atoms with Gasteiger partial charge in [-0.25, -0.2) is 0 Å². The Labute approximate surface area is 68.0 Å². The average molecular weight is 176 g/mol. The Morgan fingerprint density at radius 1 is 1.67 bits per heavy atom. The topological polar surface area (TPSA) is 0 Å². The molecule has 0 aromatic heterocycles. The maximum absolute atomic E-state index is 5.13. The minimum atomic E-state index is 0.00449. The quantitative estimate of drug-likeness (QED) is 0.626. The summed E-state index contributed by atoms with van der Waals surface area (Å²) in [6.45, 7) is 0. The smallest absolute Gasteiger partial charge is 0.00521 e. The van der Waals surface area contributed by atoms with Gasteiger partial charge in [-0.05, 0) is 33.7 Å². The molecule has 1 aliphatic rings. The van der Waals surface area contributed by atoms with Crippen molar-refractivity contribution in [3.63, 3.8) is 0 Å². The van der Waals surface area contributed by atoms with Crippen molar-refractivity contribution in [2.24, 2.45) is 0 Å². The molecule has 0 N–H and O–H groups in total. The Kier molecular flexibility index (Phi) is 2.95. The Morgan fingerprint density at radius 2 is 2.44 bits per heavy atom. The number of hydrogen-bond donors (Lipinski definition) is 1. The highest BCUT2D eigenvalue weighted by molar-refractivity contribution is 8.32. The number of thiol groups is 1. The van der Waals surface area contributed by atoms with Crippen molar-refractivity contribution >= 4 is 33.3 Å². The first-order valence-corrected chi connectivity index (χ1v) is 5.58. The SMILES string of the molecule is S=S1C=CC=C1CCS. The third-order valence-corrected chi connectivity index (χ3v) is 3.56. The predicted molar refractivity (Wildman–Crippen MR) is 50.4 cm³/mol. The summed E-state index contributed by atoms with van der Waals surface area (Å²) in [5.41, 5.74) is 0. The first kappa shape index (κ1) is 7.51. The maximum Gasteiger partial charge on any atom is -0.00521 e. The summed E-state index contributed by atoms with van der Waals surface area (Å²) in [6, 6.07) is 0. The molecule has 0 bridgehead atoms. The van der Waals surface area contributed by atoms with Crippen LogP contribution < -0.4 is 0 Å². The van der Waals surface area contributed by atoms with Crippen molar-refractivity contribution in [2.45, 2.75) is 6.42 Å². The summed E-state index contributed by atoms with van der Waals surface area (Å²) in [4.78, 5) is 1.36. The molecule has 0 aromatic rings. The summed E-state index contributed by atoms with van der Waals surface area (Å²) < 4.78 is 0. The zero-order valence-electron chi connectivity index (χ0n) is 4.91. The molecule has 0 aromatic carbocycles. The summed E-state index contributed by atoms with van der Waals surface area (Å²) in [6.07, 6.45) is 5.18. The maximum atomic E-state index is 5.13. The Hall–Kier alpha value is 0.400. The molecule has 0 amide bonds. The van der Waals surface area contributed by atoms with Crippen molar-refractivity contribution in [1.29, 1.82) is 0 Å². The third-order valence-electron chi connectivity index (χ3n) is 1.10. The van der Waals surface area contributed by atoms with Gasteiger partial charge in [0.2, 0.25) is 0 Å². The van der Waals surface area contributed by atoms with Crippen LogP contribution in [0.4, 0.5) is 0 Å². The van der Waals surface area contributed by atoms with Crippen molar-refractivity contribution in [1.82, 2.24) is 0 Å². The molecule has 0 radical (unpaired) electrons. The lowest BCUT2D eigenvalue weighted by molar-refractivity contribution is 1.23. The van der Waals surface area contributed by atoms with Gasteiger partial charge in [0.15, 0.2) is 0 Å². The molecule has 3 heteroatoms. The van der Waals surface area contributed by atoms with E-state index in [-0.39, 0.29) is 9.45 Å². The van der Waals surface area contributed by atoms with Crippen LogP contribution in [0.15, 0.2) is 22.5 Å². The van der Waals surface area contributed by atoms with E-state index in [2.05, 4.69) is 24.1 Å². The van der Waals surface area contributed by atoms with E-state index in [0.29, 0.717) is 0 Å². The first-order chi connectivity index (χ1) is 4.34. The Bertz CT molecular complexity index is 179. The molecule has 0 nitrogen and oxygen atoms in total. The molecule has 50 valence electrons. The zero-order valence-corrected chi connectivity index (χ0v) is 7.44. The fourth-order valence-electron chi connectivity index (χ4n) is 0.667. The van der Waals surface area contributed by atoms with Gasteiger partial charge in [0, 0.05) is 0 Å². The lowest BCUT2D eigenvalue weighted by Crippen LogP contribution is -1.85. The summed E-state index contributed by atoms with van der Waals surface area (Å²) in [7, 11) is 0.00449. The predicted octanol–water partition coefficient (Wildman–Crippen LogP) is 1.80. The highest BCUT2D eigenvalue weighted by Crippen LogP contribution is 2.15. The molecule has 0 saturated heterocycles. The Morgan fingerprint density at radius 3 is 2.89 bits per heavy atom. The second-order valence-corrected chi connectivity index (χ2v) is 4.65. The van der Waals surface area contributed by atoms with E-state index in [4.69, 9.17) is 11.2 Å². The molecule has 9 heavy (non-hydrogen) atoms. The minimum absolute atomic E-state index is 0.00449. The van der Waals surface area contributed by atoms with Crippen LogP contribution in [0, 0.1) is 0 Å². The summed E-state index contributed by atoms with van der Waals surface area (Å²) in [5, 5.41) is 2.06. The van der Waals surface area contributed by atoms with Gasteiger partial charge >= 0.3 is 0 Å². The molecule has 0 spiro atoms. The van der Waals surface area contributed by atoms with Crippen LogP contribution in [0.1, 0.15) is 6.42 Å². The lowest BCUT2D eigenvalue weighted by atomic mass is 10.4. The fraction of sp³-hybridized carbons (Fsp3) is 0.333. The molecule has 1 unspecified atom stereocenters. The molecule has 1 aliphatic heterocycles. The summed E-state index contributed by atoms with van der Waals surface area (Å²) >= 11 is 9.25. The molecule has 0 saturated carbocycles. The molecule has 1 rings (SSSR count). The van der Waals surface area contributed by atoms with E-state index in [0.717, 1.165) is 12.2 Å². The standard InChI is InChI=1S/C6H8S3/c7-4-3-6-2-1-5-9(6)8/h1-2,5,7H,3-4H2. The highest BCUT2D eigenvalue weighted by atomic mass is 32.8. The van der Waals surface area contributed by atoms with E-state index < -0.39 is 0 Å². The zero-order chi connectivity index (χ0) is 6.69. The van der Waals surface area contributed by atoms with Crippen LogP contribution in [0.3, 0.4) is 0 Å². The fourth-order valence-corrected chi connectivity index (χ4v) is 2.58. The summed E-state index contributed by atoms with van der Waals surface area (Å²) in [5.74, 6) is 0.910. The van der Waals surface area contributed by atoms with Gasteiger partial charge in [0.1, 0.15) is 0 Å². The van der Waals surface area contributed by atoms with Crippen LogP contribution in [-0.4, -0.2) is 5.75 Å². The van der Waals surface area contributed by atoms with Crippen LogP contribution in [-0.2, 0) is 20.6 Å². The van der Waals surface area contributed by atoms with E-state index in [1.807, 2.05) is 6.08 Å². The van der Waals surface area contributed by atoms with Gasteiger partial charge < -0.3 is 0 Å². The van der Waals surface area contributed by atoms with Crippen LogP contribution >= 0.6 is 12.6 Å². The van der Waals surface area contributed by atoms with Crippen LogP contribution in [0.25, 0.3) is 0 Å². The van der Waals surface area contributed by atoms with Gasteiger partial charge in [-0.1, -0.05) is 21.6 Å².